The van der Waals surface area contributed by atoms with Gasteiger partial charge >= 0.3 is 0 Å². The van der Waals surface area contributed by atoms with Crippen LogP contribution in [0.1, 0.15) is 30.0 Å². The van der Waals surface area contributed by atoms with Gasteiger partial charge in [-0.25, -0.2) is 0 Å². The number of benzene rings is 1. The third kappa shape index (κ3) is 5.06. The van der Waals surface area contributed by atoms with Crippen molar-refractivity contribution in [1.82, 2.24) is 20.4 Å². The topological polar surface area (TPSA) is 70.2 Å². The highest BCUT2D eigenvalue weighted by Gasteiger charge is 2.22. The second-order valence-electron chi connectivity index (χ2n) is 6.51. The molecule has 1 aromatic carbocycles. The largest absolute Gasteiger partial charge is 0.497 e. The van der Waals surface area contributed by atoms with Crippen molar-refractivity contribution in [2.24, 2.45) is 0 Å². The van der Waals surface area contributed by atoms with E-state index in [1.165, 1.54) is 11.3 Å². The van der Waals surface area contributed by atoms with Crippen molar-refractivity contribution >= 4 is 5.91 Å². The van der Waals surface area contributed by atoms with Crippen LogP contribution in [0.2, 0.25) is 0 Å². The number of ether oxygens (including phenoxy) is 1. The molecule has 1 amide bonds. The van der Waals surface area contributed by atoms with E-state index in [9.17, 15) is 4.79 Å². The van der Waals surface area contributed by atoms with Gasteiger partial charge in [0.15, 0.2) is 0 Å². The average Bonchev–Trinajstić information content (AvgIpc) is 3.18. The van der Waals surface area contributed by atoms with Gasteiger partial charge in [-0.15, -0.1) is 0 Å². The first-order chi connectivity index (χ1) is 12.2. The zero-order valence-electron chi connectivity index (χ0n) is 14.7. The van der Waals surface area contributed by atoms with Crippen molar-refractivity contribution in [2.45, 2.75) is 25.2 Å². The summed E-state index contributed by atoms with van der Waals surface area (Å²) in [5.74, 6) is 1.50. The Labute approximate surface area is 148 Å². The van der Waals surface area contributed by atoms with Crippen molar-refractivity contribution in [1.29, 1.82) is 0 Å². The van der Waals surface area contributed by atoms with E-state index in [1.807, 2.05) is 30.3 Å². The van der Waals surface area contributed by atoms with Crippen molar-refractivity contribution in [3.63, 3.8) is 0 Å². The molecule has 1 aliphatic rings. The lowest BCUT2D eigenvalue weighted by atomic mass is 9.94. The smallest absolute Gasteiger partial charge is 0.234 e. The summed E-state index contributed by atoms with van der Waals surface area (Å²) in [5.41, 5.74) is 2.41. The fourth-order valence-corrected chi connectivity index (χ4v) is 3.29. The van der Waals surface area contributed by atoms with E-state index in [0.29, 0.717) is 19.0 Å². The molecule has 3 rings (SSSR count). The molecule has 2 heterocycles. The number of H-pyrrole nitrogens is 1. The quantitative estimate of drug-likeness (QED) is 0.807. The molecular formula is C19H26N4O2. The van der Waals surface area contributed by atoms with Crippen LogP contribution < -0.4 is 10.1 Å². The number of aromatic nitrogens is 2. The van der Waals surface area contributed by atoms with Gasteiger partial charge in [0, 0.05) is 24.4 Å². The lowest BCUT2D eigenvalue weighted by molar-refractivity contribution is -0.122. The van der Waals surface area contributed by atoms with Crippen LogP contribution >= 0.6 is 0 Å². The number of amides is 1. The van der Waals surface area contributed by atoms with Gasteiger partial charge in [-0.1, -0.05) is 12.1 Å². The van der Waals surface area contributed by atoms with Gasteiger partial charge in [-0.2, -0.15) is 5.10 Å². The molecule has 1 aliphatic heterocycles. The van der Waals surface area contributed by atoms with Crippen LogP contribution in [0.5, 0.6) is 5.75 Å². The lowest BCUT2D eigenvalue weighted by Gasteiger charge is -2.30. The number of aromatic amines is 1. The Morgan fingerprint density at radius 1 is 1.28 bits per heavy atom. The second kappa shape index (κ2) is 8.67. The third-order valence-corrected chi connectivity index (χ3v) is 4.81. The predicted molar refractivity (Wildman–Crippen MR) is 96.7 cm³/mol. The van der Waals surface area contributed by atoms with Crippen LogP contribution in [0.3, 0.4) is 0 Å². The maximum Gasteiger partial charge on any atom is 0.234 e. The number of methoxy groups -OCH3 is 1. The Morgan fingerprint density at radius 3 is 2.68 bits per heavy atom. The fourth-order valence-electron chi connectivity index (χ4n) is 3.29. The highest BCUT2D eigenvalue weighted by molar-refractivity contribution is 5.78. The summed E-state index contributed by atoms with van der Waals surface area (Å²) in [6.45, 7) is 3.05. The Morgan fingerprint density at radius 2 is 2.04 bits per heavy atom. The number of piperidine rings is 1. The molecule has 1 saturated heterocycles. The normalized spacial score (nSPS) is 15.9. The Hall–Kier alpha value is -2.34. The SMILES string of the molecule is COc1ccc(CCNC(=O)CN2CCC(c3ccn[nH]3)CC2)cc1. The average molecular weight is 342 g/mol. The summed E-state index contributed by atoms with van der Waals surface area (Å²) >= 11 is 0. The molecule has 1 aromatic heterocycles. The van der Waals surface area contributed by atoms with Crippen LogP contribution in [0, 0.1) is 0 Å². The number of rotatable bonds is 7. The first-order valence-corrected chi connectivity index (χ1v) is 8.86. The van der Waals surface area contributed by atoms with Gasteiger partial charge in [-0.05, 0) is 56.1 Å². The van der Waals surface area contributed by atoms with Gasteiger partial charge < -0.3 is 10.1 Å². The van der Waals surface area contributed by atoms with E-state index >= 15 is 0 Å². The predicted octanol–water partition coefficient (Wildman–Crippen LogP) is 1.96. The Kier molecular flexibility index (Phi) is 6.06. The molecule has 0 spiro atoms. The molecule has 0 aliphatic carbocycles. The van der Waals surface area contributed by atoms with Crippen LogP contribution in [0.4, 0.5) is 0 Å². The Bertz CT molecular complexity index is 647. The zero-order chi connectivity index (χ0) is 17.5. The van der Waals surface area contributed by atoms with Crippen molar-refractivity contribution in [3.8, 4) is 5.75 Å². The highest BCUT2D eigenvalue weighted by atomic mass is 16.5. The third-order valence-electron chi connectivity index (χ3n) is 4.81. The van der Waals surface area contributed by atoms with Crippen molar-refractivity contribution < 1.29 is 9.53 Å². The van der Waals surface area contributed by atoms with E-state index < -0.39 is 0 Å². The second-order valence-corrected chi connectivity index (χ2v) is 6.51. The minimum Gasteiger partial charge on any atom is -0.497 e. The lowest BCUT2D eigenvalue weighted by Crippen LogP contribution is -2.41. The number of nitrogens with zero attached hydrogens (tertiary/aromatic N) is 2. The summed E-state index contributed by atoms with van der Waals surface area (Å²) in [4.78, 5) is 14.4. The minimum absolute atomic E-state index is 0.105. The fraction of sp³-hybridized carbons (Fsp3) is 0.474. The van der Waals surface area contributed by atoms with Crippen molar-refractivity contribution in [3.05, 3.63) is 47.8 Å². The number of likely N-dealkylation sites (tertiary alicyclic amines) is 1. The summed E-state index contributed by atoms with van der Waals surface area (Å²) < 4.78 is 5.15. The number of nitrogens with one attached hydrogen (secondary N) is 2. The summed E-state index contributed by atoms with van der Waals surface area (Å²) in [6.07, 6.45) is 4.78. The van der Waals surface area contributed by atoms with Gasteiger partial charge in [0.1, 0.15) is 5.75 Å². The molecular weight excluding hydrogens is 316 g/mol. The maximum absolute atomic E-state index is 12.1. The molecule has 6 nitrogen and oxygen atoms in total. The number of hydrogen-bond donors (Lipinski definition) is 2. The maximum atomic E-state index is 12.1. The molecule has 134 valence electrons. The molecule has 0 unspecified atom stereocenters. The highest BCUT2D eigenvalue weighted by Crippen LogP contribution is 2.25. The van der Waals surface area contributed by atoms with E-state index in [4.69, 9.17) is 4.74 Å². The molecule has 2 N–H and O–H groups in total. The van der Waals surface area contributed by atoms with Gasteiger partial charge in [0.05, 0.1) is 13.7 Å². The Balaban J connectivity index is 1.34. The molecule has 25 heavy (non-hydrogen) atoms. The minimum atomic E-state index is 0.105. The molecule has 0 bridgehead atoms. The number of carbonyl (C=O) groups excluding carboxylic acids is 1. The van der Waals surface area contributed by atoms with Crippen LogP contribution in [0.25, 0.3) is 0 Å². The molecule has 2 aromatic rings. The number of hydrogen-bond acceptors (Lipinski definition) is 4. The molecule has 0 atom stereocenters. The first kappa shape index (κ1) is 17.5. The van der Waals surface area contributed by atoms with Crippen LogP contribution in [-0.2, 0) is 11.2 Å². The standard InChI is InChI=1S/C19H26N4O2/c1-25-17-4-2-15(3-5-17)6-10-20-19(24)14-23-12-8-16(9-13-23)18-7-11-21-22-18/h2-5,7,11,16H,6,8-10,12-14H2,1H3,(H,20,24)(H,21,22). The van der Waals surface area contributed by atoms with Gasteiger partial charge in [0.2, 0.25) is 5.91 Å². The molecule has 1 fully saturated rings. The summed E-state index contributed by atoms with van der Waals surface area (Å²) in [7, 11) is 1.66. The number of carbonyl (C=O) groups is 1. The van der Waals surface area contributed by atoms with Gasteiger partial charge in [-0.3, -0.25) is 14.8 Å². The van der Waals surface area contributed by atoms with E-state index in [-0.39, 0.29) is 5.91 Å². The van der Waals surface area contributed by atoms with Gasteiger partial charge in [0.25, 0.3) is 0 Å². The van der Waals surface area contributed by atoms with Crippen molar-refractivity contribution in [2.75, 3.05) is 33.3 Å². The van der Waals surface area contributed by atoms with Crippen LogP contribution in [0.15, 0.2) is 36.5 Å². The zero-order valence-corrected chi connectivity index (χ0v) is 14.7. The van der Waals surface area contributed by atoms with E-state index in [2.05, 4.69) is 20.4 Å². The van der Waals surface area contributed by atoms with E-state index in [0.717, 1.165) is 38.1 Å². The summed E-state index contributed by atoms with van der Waals surface area (Å²) in [5, 5.41) is 10.1. The van der Waals surface area contributed by atoms with Crippen LogP contribution in [-0.4, -0.2) is 54.3 Å². The summed E-state index contributed by atoms with van der Waals surface area (Å²) in [6, 6.07) is 10.0. The first-order valence-electron chi connectivity index (χ1n) is 8.86. The molecule has 0 radical (unpaired) electrons. The molecule has 6 heteroatoms. The van der Waals surface area contributed by atoms with E-state index in [1.54, 1.807) is 13.3 Å². The molecule has 0 saturated carbocycles. The monoisotopic (exact) mass is 342 g/mol.